The van der Waals surface area contributed by atoms with Gasteiger partial charge in [0.05, 0.1) is 13.1 Å². The highest BCUT2D eigenvalue weighted by molar-refractivity contribution is 5.96. The Morgan fingerprint density at radius 2 is 1.78 bits per heavy atom. The lowest BCUT2D eigenvalue weighted by Gasteiger charge is -2.20. The highest BCUT2D eigenvalue weighted by atomic mass is 16.6. The maximum Gasteiger partial charge on any atom is 0.321 e. The standard InChI is InChI=1S/C18H24N4O5/c1-2-22(11-17(24)21-18(25)20-12-3-4-12)10-16(23)19-13-5-6-14-15(9-13)27-8-7-26-14/h5-6,9,12H,2-4,7-8,10-11H2,1H3,(H,19,23)(H2,20,21,24,25). The number of nitrogens with one attached hydrogen (secondary N) is 3. The Labute approximate surface area is 157 Å². The Morgan fingerprint density at radius 1 is 1.07 bits per heavy atom. The van der Waals surface area contributed by atoms with Gasteiger partial charge in [0.15, 0.2) is 11.5 Å². The zero-order valence-electron chi connectivity index (χ0n) is 15.2. The van der Waals surface area contributed by atoms with E-state index in [-0.39, 0.29) is 25.0 Å². The second kappa shape index (κ2) is 8.72. The van der Waals surface area contributed by atoms with E-state index >= 15 is 0 Å². The van der Waals surface area contributed by atoms with Gasteiger partial charge in [0.2, 0.25) is 11.8 Å². The van der Waals surface area contributed by atoms with Crippen molar-refractivity contribution in [3.63, 3.8) is 0 Å². The summed E-state index contributed by atoms with van der Waals surface area (Å²) in [6, 6.07) is 4.87. The number of benzene rings is 1. The summed E-state index contributed by atoms with van der Waals surface area (Å²) in [6.45, 7) is 3.30. The first-order chi connectivity index (χ1) is 13.0. The molecule has 9 heteroatoms. The number of rotatable bonds is 7. The number of nitrogens with zero attached hydrogens (tertiary/aromatic N) is 1. The van der Waals surface area contributed by atoms with Gasteiger partial charge >= 0.3 is 6.03 Å². The lowest BCUT2D eigenvalue weighted by Crippen LogP contribution is -2.46. The van der Waals surface area contributed by atoms with Crippen molar-refractivity contribution in [2.45, 2.75) is 25.8 Å². The van der Waals surface area contributed by atoms with Gasteiger partial charge in [-0.05, 0) is 31.5 Å². The van der Waals surface area contributed by atoms with Crippen LogP contribution < -0.4 is 25.4 Å². The summed E-state index contributed by atoms with van der Waals surface area (Å²) in [5.74, 6) is 0.536. The Morgan fingerprint density at radius 3 is 2.48 bits per heavy atom. The molecule has 0 saturated heterocycles. The molecule has 1 aliphatic heterocycles. The number of imide groups is 1. The molecular weight excluding hydrogens is 352 g/mol. The van der Waals surface area contributed by atoms with Gasteiger partial charge in [-0.2, -0.15) is 0 Å². The minimum atomic E-state index is -0.487. The summed E-state index contributed by atoms with van der Waals surface area (Å²) < 4.78 is 10.9. The van der Waals surface area contributed by atoms with E-state index in [1.54, 1.807) is 23.1 Å². The molecule has 2 aliphatic rings. The van der Waals surface area contributed by atoms with Crippen molar-refractivity contribution >= 4 is 23.5 Å². The number of anilines is 1. The summed E-state index contributed by atoms with van der Waals surface area (Å²) in [6.07, 6.45) is 1.89. The van der Waals surface area contributed by atoms with Crippen molar-refractivity contribution in [1.29, 1.82) is 0 Å². The molecule has 0 bridgehead atoms. The topological polar surface area (TPSA) is 109 Å². The number of hydrogen-bond donors (Lipinski definition) is 3. The van der Waals surface area contributed by atoms with E-state index in [2.05, 4.69) is 16.0 Å². The number of ether oxygens (including phenoxy) is 2. The Hall–Kier alpha value is -2.81. The van der Waals surface area contributed by atoms with E-state index in [1.165, 1.54) is 0 Å². The highest BCUT2D eigenvalue weighted by Gasteiger charge is 2.24. The minimum Gasteiger partial charge on any atom is -0.486 e. The van der Waals surface area contributed by atoms with Crippen molar-refractivity contribution in [1.82, 2.24) is 15.5 Å². The van der Waals surface area contributed by atoms with E-state index < -0.39 is 11.9 Å². The molecule has 0 atom stereocenters. The average Bonchev–Trinajstić information content (AvgIpc) is 3.44. The molecule has 1 fully saturated rings. The Kier molecular flexibility index (Phi) is 6.12. The van der Waals surface area contributed by atoms with Crippen LogP contribution in [0.2, 0.25) is 0 Å². The third-order valence-electron chi connectivity index (χ3n) is 4.17. The van der Waals surface area contributed by atoms with E-state index in [4.69, 9.17) is 9.47 Å². The molecule has 9 nitrogen and oxygen atoms in total. The molecule has 0 spiro atoms. The number of carbonyl (C=O) groups excluding carboxylic acids is 3. The predicted molar refractivity (Wildman–Crippen MR) is 97.9 cm³/mol. The summed E-state index contributed by atoms with van der Waals surface area (Å²) in [4.78, 5) is 37.5. The van der Waals surface area contributed by atoms with Gasteiger partial charge in [0.25, 0.3) is 0 Å². The lowest BCUT2D eigenvalue weighted by molar-refractivity contribution is -0.122. The summed E-state index contributed by atoms with van der Waals surface area (Å²) in [5, 5.41) is 7.74. The van der Waals surface area contributed by atoms with Crippen molar-refractivity contribution in [2.24, 2.45) is 0 Å². The minimum absolute atomic E-state index is 0.0304. The molecule has 27 heavy (non-hydrogen) atoms. The van der Waals surface area contributed by atoms with Crippen LogP contribution in [0, 0.1) is 0 Å². The molecule has 0 radical (unpaired) electrons. The Balaban J connectivity index is 1.46. The molecule has 3 N–H and O–H groups in total. The zero-order chi connectivity index (χ0) is 19.2. The molecule has 0 unspecified atom stereocenters. The number of amides is 4. The van der Waals surface area contributed by atoms with Crippen LogP contribution in [0.25, 0.3) is 0 Å². The number of hydrogen-bond acceptors (Lipinski definition) is 6. The summed E-state index contributed by atoms with van der Waals surface area (Å²) in [7, 11) is 0. The highest BCUT2D eigenvalue weighted by Crippen LogP contribution is 2.32. The third-order valence-corrected chi connectivity index (χ3v) is 4.17. The first kappa shape index (κ1) is 19.0. The first-order valence-electron chi connectivity index (χ1n) is 9.05. The average molecular weight is 376 g/mol. The SMILES string of the molecule is CCN(CC(=O)NC(=O)NC1CC1)CC(=O)Nc1ccc2c(c1)OCCO2. The van der Waals surface area contributed by atoms with Crippen LogP contribution >= 0.6 is 0 Å². The van der Waals surface area contributed by atoms with Crippen molar-refractivity contribution < 1.29 is 23.9 Å². The van der Waals surface area contributed by atoms with E-state index in [0.29, 0.717) is 36.9 Å². The number of fused-ring (bicyclic) bond motifs is 1. The quantitative estimate of drug-likeness (QED) is 0.647. The van der Waals surface area contributed by atoms with E-state index in [1.807, 2.05) is 6.92 Å². The van der Waals surface area contributed by atoms with Gasteiger partial charge in [0, 0.05) is 17.8 Å². The van der Waals surface area contributed by atoms with Crippen LogP contribution in [0.4, 0.5) is 10.5 Å². The van der Waals surface area contributed by atoms with Gasteiger partial charge in [-0.15, -0.1) is 0 Å². The second-order valence-electron chi connectivity index (χ2n) is 6.51. The molecule has 1 heterocycles. The van der Waals surface area contributed by atoms with Crippen LogP contribution in [0.15, 0.2) is 18.2 Å². The van der Waals surface area contributed by atoms with Crippen LogP contribution in [0.3, 0.4) is 0 Å². The molecule has 1 saturated carbocycles. The van der Waals surface area contributed by atoms with Crippen LogP contribution in [0.5, 0.6) is 11.5 Å². The van der Waals surface area contributed by atoms with Crippen LogP contribution in [-0.2, 0) is 9.59 Å². The fourth-order valence-corrected chi connectivity index (χ4v) is 2.62. The summed E-state index contributed by atoms with van der Waals surface area (Å²) in [5.41, 5.74) is 0.591. The normalized spacial score (nSPS) is 15.2. The molecule has 4 amide bonds. The second-order valence-corrected chi connectivity index (χ2v) is 6.51. The van der Waals surface area contributed by atoms with Gasteiger partial charge in [-0.3, -0.25) is 19.8 Å². The van der Waals surface area contributed by atoms with Gasteiger partial charge in [-0.25, -0.2) is 4.79 Å². The maximum atomic E-state index is 12.3. The van der Waals surface area contributed by atoms with Gasteiger partial charge in [-0.1, -0.05) is 6.92 Å². The molecule has 146 valence electrons. The monoisotopic (exact) mass is 376 g/mol. The van der Waals surface area contributed by atoms with E-state index in [0.717, 1.165) is 12.8 Å². The number of likely N-dealkylation sites (N-methyl/N-ethyl adjacent to an activating group) is 1. The zero-order valence-corrected chi connectivity index (χ0v) is 15.2. The fourth-order valence-electron chi connectivity index (χ4n) is 2.62. The molecule has 1 aromatic carbocycles. The maximum absolute atomic E-state index is 12.3. The molecule has 3 rings (SSSR count). The molecule has 1 aliphatic carbocycles. The van der Waals surface area contributed by atoms with Crippen molar-refractivity contribution in [3.8, 4) is 11.5 Å². The van der Waals surface area contributed by atoms with E-state index in [9.17, 15) is 14.4 Å². The molecule has 0 aromatic heterocycles. The third kappa shape index (κ3) is 5.85. The van der Waals surface area contributed by atoms with Gasteiger partial charge in [0.1, 0.15) is 13.2 Å². The van der Waals surface area contributed by atoms with Crippen molar-refractivity contribution in [3.05, 3.63) is 18.2 Å². The lowest BCUT2D eigenvalue weighted by atomic mass is 10.2. The largest absolute Gasteiger partial charge is 0.486 e. The predicted octanol–water partition coefficient (Wildman–Crippen LogP) is 0.706. The van der Waals surface area contributed by atoms with Crippen molar-refractivity contribution in [2.75, 3.05) is 38.2 Å². The van der Waals surface area contributed by atoms with Gasteiger partial charge < -0.3 is 20.1 Å². The smallest absolute Gasteiger partial charge is 0.321 e. The number of urea groups is 1. The number of carbonyl (C=O) groups is 3. The fraction of sp³-hybridized carbons (Fsp3) is 0.500. The van der Waals surface area contributed by atoms with Crippen LogP contribution in [0.1, 0.15) is 19.8 Å². The molecular formula is C18H24N4O5. The first-order valence-corrected chi connectivity index (χ1v) is 9.05. The molecule has 1 aromatic rings. The Bertz CT molecular complexity index is 720. The van der Waals surface area contributed by atoms with Crippen LogP contribution in [-0.4, -0.2) is 61.6 Å². The summed E-state index contributed by atoms with van der Waals surface area (Å²) >= 11 is 0.